The van der Waals surface area contributed by atoms with E-state index in [1.54, 1.807) is 41.1 Å². The van der Waals surface area contributed by atoms with Crippen LogP contribution in [-0.2, 0) is 16.9 Å². The third-order valence-electron chi connectivity index (χ3n) is 6.14. The van der Waals surface area contributed by atoms with Crippen LogP contribution in [0.1, 0.15) is 22.9 Å². The van der Waals surface area contributed by atoms with Gasteiger partial charge >= 0.3 is 0 Å². The van der Waals surface area contributed by atoms with E-state index in [1.807, 2.05) is 40.0 Å². The van der Waals surface area contributed by atoms with Crippen LogP contribution < -0.4 is 10.6 Å². The minimum atomic E-state index is -3.61. The van der Waals surface area contributed by atoms with Crippen LogP contribution >= 0.6 is 0 Å². The van der Waals surface area contributed by atoms with E-state index in [4.69, 9.17) is 5.26 Å². The molecule has 5 aromatic rings. The molecular weight excluding hydrogens is 502 g/mol. The van der Waals surface area contributed by atoms with Gasteiger partial charge in [-0.2, -0.15) is 10.4 Å². The van der Waals surface area contributed by atoms with Gasteiger partial charge < -0.3 is 15.6 Å². The molecule has 0 radical (unpaired) electrons. The molecule has 0 fully saturated rings. The highest BCUT2D eigenvalue weighted by atomic mass is 32.2. The molecule has 1 aromatic carbocycles. The molecule has 0 unspecified atom stereocenters. The van der Waals surface area contributed by atoms with Gasteiger partial charge in [0.2, 0.25) is 0 Å². The normalized spacial score (nSPS) is 11.5. The average molecular weight is 528 g/mol. The smallest absolute Gasteiger partial charge is 0.177 e. The molecule has 192 valence electrons. The maximum absolute atomic E-state index is 12.9. The predicted molar refractivity (Wildman–Crippen MR) is 145 cm³/mol. The molecule has 38 heavy (non-hydrogen) atoms. The topological polar surface area (TPSA) is 154 Å². The molecule has 0 bridgehead atoms. The van der Waals surface area contributed by atoms with Gasteiger partial charge in [-0.3, -0.25) is 4.68 Å². The van der Waals surface area contributed by atoms with E-state index in [0.29, 0.717) is 40.0 Å². The number of nitriles is 1. The molecule has 3 N–H and O–H groups in total. The lowest BCUT2D eigenvalue weighted by atomic mass is 10.0. The Balaban J connectivity index is 1.60. The second-order valence-corrected chi connectivity index (χ2v) is 11.0. The van der Waals surface area contributed by atoms with E-state index in [9.17, 15) is 8.42 Å². The Hall–Kier alpha value is -4.76. The molecule has 11 nitrogen and oxygen atoms in total. The minimum Gasteiger partial charge on any atom is -0.352 e. The molecule has 4 aromatic heterocycles. The van der Waals surface area contributed by atoms with E-state index in [0.717, 1.165) is 22.5 Å². The van der Waals surface area contributed by atoms with E-state index < -0.39 is 9.84 Å². The first-order valence-corrected chi connectivity index (χ1v) is 13.6. The predicted octanol–water partition coefficient (Wildman–Crippen LogP) is 4.44. The van der Waals surface area contributed by atoms with E-state index in [-0.39, 0.29) is 10.6 Å². The Morgan fingerprint density at radius 3 is 2.45 bits per heavy atom. The van der Waals surface area contributed by atoms with E-state index >= 15 is 0 Å². The summed E-state index contributed by atoms with van der Waals surface area (Å²) < 4.78 is 27.6. The van der Waals surface area contributed by atoms with Crippen LogP contribution in [0.3, 0.4) is 0 Å². The number of fused-ring (bicyclic) bond motifs is 1. The molecule has 4 heterocycles. The number of aromatic nitrogens is 6. The fourth-order valence-corrected chi connectivity index (χ4v) is 5.25. The zero-order valence-corrected chi connectivity index (χ0v) is 22.3. The van der Waals surface area contributed by atoms with Crippen molar-refractivity contribution in [2.75, 3.05) is 16.9 Å². The first-order valence-electron chi connectivity index (χ1n) is 11.7. The Kier molecular flexibility index (Phi) is 6.08. The Bertz CT molecular complexity index is 1860. The first-order chi connectivity index (χ1) is 18.0. The second-order valence-electron chi connectivity index (χ2n) is 9.00. The summed E-state index contributed by atoms with van der Waals surface area (Å²) in [5.74, 6) is 1.53. The summed E-state index contributed by atoms with van der Waals surface area (Å²) in [5.41, 5.74) is 5.69. The van der Waals surface area contributed by atoms with Gasteiger partial charge in [0.1, 0.15) is 34.7 Å². The van der Waals surface area contributed by atoms with Crippen LogP contribution in [0.15, 0.2) is 47.4 Å². The van der Waals surface area contributed by atoms with Crippen LogP contribution in [0.2, 0.25) is 0 Å². The maximum atomic E-state index is 12.9. The zero-order chi connectivity index (χ0) is 27.2. The summed E-state index contributed by atoms with van der Waals surface area (Å²) in [4.78, 5) is 16.6. The second kappa shape index (κ2) is 9.28. The summed E-state index contributed by atoms with van der Waals surface area (Å²) in [7, 11) is -1.75. The minimum absolute atomic E-state index is 0.146. The van der Waals surface area contributed by atoms with Crippen molar-refractivity contribution < 1.29 is 8.42 Å². The van der Waals surface area contributed by atoms with Crippen molar-refractivity contribution in [3.05, 3.63) is 65.4 Å². The molecule has 0 saturated heterocycles. The SMILES string of the molecule is Cc1nc2c(Nc3ccc(-c4c(C)nn(C)c4C)cc3S(C)(=O)=O)cc(Nc3cccc(C#N)n3)nc2[nH]1. The highest BCUT2D eigenvalue weighted by Crippen LogP contribution is 2.35. The molecule has 0 saturated carbocycles. The summed E-state index contributed by atoms with van der Waals surface area (Å²) in [6, 6.07) is 14.1. The lowest BCUT2D eigenvalue weighted by molar-refractivity contribution is 0.602. The van der Waals surface area contributed by atoms with Gasteiger partial charge in [0.25, 0.3) is 0 Å². The van der Waals surface area contributed by atoms with Gasteiger partial charge in [-0.05, 0) is 50.6 Å². The maximum Gasteiger partial charge on any atom is 0.177 e. The molecule has 0 atom stereocenters. The lowest BCUT2D eigenvalue weighted by Crippen LogP contribution is -2.05. The van der Waals surface area contributed by atoms with Crippen molar-refractivity contribution in [1.29, 1.82) is 5.26 Å². The standard InChI is InChI=1S/C26H25N9O2S/c1-14-24(15(2)35(4)34-14)17-9-10-19(21(11-17)38(5,36)37)31-20-12-23(33-26-25(20)28-16(3)29-26)32-22-8-6-7-18(13-27)30-22/h6-12H,1-5H3,(H3,28,29,30,31,32,33). The number of hydrogen-bond donors (Lipinski definition) is 3. The summed E-state index contributed by atoms with van der Waals surface area (Å²) in [6.07, 6.45) is 1.18. The molecule has 0 aliphatic heterocycles. The van der Waals surface area contributed by atoms with Gasteiger partial charge in [-0.1, -0.05) is 12.1 Å². The highest BCUT2D eigenvalue weighted by Gasteiger charge is 2.20. The number of sulfone groups is 1. The largest absolute Gasteiger partial charge is 0.352 e. The summed E-state index contributed by atoms with van der Waals surface area (Å²) in [5, 5.41) is 20.0. The van der Waals surface area contributed by atoms with Crippen molar-refractivity contribution in [1.82, 2.24) is 29.7 Å². The van der Waals surface area contributed by atoms with Crippen molar-refractivity contribution in [3.8, 4) is 17.2 Å². The lowest BCUT2D eigenvalue weighted by Gasteiger charge is -2.15. The quantitative estimate of drug-likeness (QED) is 0.291. The first kappa shape index (κ1) is 24.9. The number of H-pyrrole nitrogens is 1. The molecule has 12 heteroatoms. The fourth-order valence-electron chi connectivity index (χ4n) is 4.39. The number of pyridine rings is 2. The van der Waals surface area contributed by atoms with Crippen LogP contribution in [0.5, 0.6) is 0 Å². The number of benzene rings is 1. The highest BCUT2D eigenvalue weighted by molar-refractivity contribution is 7.90. The van der Waals surface area contributed by atoms with Crippen molar-refractivity contribution in [2.45, 2.75) is 25.7 Å². The fraction of sp³-hybridized carbons (Fsp3) is 0.192. The van der Waals surface area contributed by atoms with Crippen LogP contribution in [0, 0.1) is 32.1 Å². The summed E-state index contributed by atoms with van der Waals surface area (Å²) >= 11 is 0. The molecule has 0 aliphatic rings. The number of rotatable bonds is 6. The third kappa shape index (κ3) is 4.67. The van der Waals surface area contributed by atoms with Crippen molar-refractivity contribution in [2.24, 2.45) is 7.05 Å². The number of aryl methyl sites for hydroxylation is 3. The Morgan fingerprint density at radius 1 is 0.974 bits per heavy atom. The van der Waals surface area contributed by atoms with Crippen LogP contribution in [0.4, 0.5) is 23.0 Å². The van der Waals surface area contributed by atoms with Gasteiger partial charge in [0, 0.05) is 30.6 Å². The third-order valence-corrected chi connectivity index (χ3v) is 7.28. The number of imidazole rings is 1. The van der Waals surface area contributed by atoms with Gasteiger partial charge in [0.15, 0.2) is 15.5 Å². The number of nitrogens with one attached hydrogen (secondary N) is 3. The molecule has 5 rings (SSSR count). The monoisotopic (exact) mass is 527 g/mol. The van der Waals surface area contributed by atoms with Gasteiger partial charge in [-0.25, -0.2) is 23.4 Å². The number of anilines is 4. The number of hydrogen-bond acceptors (Lipinski definition) is 9. The van der Waals surface area contributed by atoms with Crippen LogP contribution in [0.25, 0.3) is 22.3 Å². The molecule has 0 spiro atoms. The van der Waals surface area contributed by atoms with Crippen molar-refractivity contribution in [3.63, 3.8) is 0 Å². The van der Waals surface area contributed by atoms with Crippen molar-refractivity contribution >= 4 is 44.0 Å². The molecule has 0 amide bonds. The van der Waals surface area contributed by atoms with E-state index in [1.165, 1.54) is 6.26 Å². The zero-order valence-electron chi connectivity index (χ0n) is 21.4. The Labute approximate surface area is 219 Å². The number of aromatic amines is 1. The van der Waals surface area contributed by atoms with E-state index in [2.05, 4.69) is 35.7 Å². The summed E-state index contributed by atoms with van der Waals surface area (Å²) in [6.45, 7) is 5.66. The molecule has 0 aliphatic carbocycles. The molecular formula is C26H25N9O2S. The number of nitrogens with zero attached hydrogens (tertiary/aromatic N) is 6. The average Bonchev–Trinajstić information content (AvgIpc) is 3.36. The Morgan fingerprint density at radius 2 is 1.76 bits per heavy atom. The van der Waals surface area contributed by atoms with Gasteiger partial charge in [-0.15, -0.1) is 0 Å². The van der Waals surface area contributed by atoms with Gasteiger partial charge in [0.05, 0.1) is 22.0 Å². The van der Waals surface area contributed by atoms with Crippen LogP contribution in [-0.4, -0.2) is 44.4 Å².